The number of rotatable bonds is 5. The molecule has 5 nitrogen and oxygen atoms in total. The molecule has 2 aromatic rings. The van der Waals surface area contributed by atoms with Crippen molar-refractivity contribution in [3.05, 3.63) is 71.3 Å². The van der Waals surface area contributed by atoms with E-state index in [4.69, 9.17) is 11.1 Å². The lowest BCUT2D eigenvalue weighted by Crippen LogP contribution is -2.49. The number of piperazine rings is 1. The van der Waals surface area contributed by atoms with Crippen molar-refractivity contribution in [1.82, 2.24) is 9.80 Å². The second kappa shape index (κ2) is 7.27. The lowest BCUT2D eigenvalue weighted by Gasteiger charge is -2.34. The van der Waals surface area contributed by atoms with Gasteiger partial charge in [-0.3, -0.25) is 15.1 Å². The van der Waals surface area contributed by atoms with E-state index in [1.165, 1.54) is 5.56 Å². The summed E-state index contributed by atoms with van der Waals surface area (Å²) in [6.07, 6.45) is 0. The Morgan fingerprint density at radius 2 is 1.62 bits per heavy atom. The second-order valence-corrected chi connectivity index (χ2v) is 6.12. The van der Waals surface area contributed by atoms with Gasteiger partial charge in [0.15, 0.2) is 0 Å². The van der Waals surface area contributed by atoms with Gasteiger partial charge in [-0.25, -0.2) is 0 Å². The molecule has 0 aliphatic carbocycles. The maximum atomic E-state index is 12.4. The van der Waals surface area contributed by atoms with E-state index >= 15 is 0 Å². The Kier molecular flexibility index (Phi) is 4.91. The van der Waals surface area contributed by atoms with Crippen molar-refractivity contribution >= 4 is 11.7 Å². The average molecular weight is 322 g/mol. The van der Waals surface area contributed by atoms with Crippen LogP contribution in [0.2, 0.25) is 0 Å². The molecular weight excluding hydrogens is 300 g/mol. The van der Waals surface area contributed by atoms with Gasteiger partial charge in [-0.2, -0.15) is 0 Å². The van der Waals surface area contributed by atoms with Crippen LogP contribution in [-0.2, 0) is 17.9 Å². The minimum absolute atomic E-state index is 0.0752. The number of nitrogen functional groups attached to an aromatic ring is 1. The monoisotopic (exact) mass is 322 g/mol. The van der Waals surface area contributed by atoms with Crippen LogP contribution < -0.4 is 5.73 Å². The number of nitrogens with zero attached hydrogens (tertiary/aromatic N) is 2. The normalized spacial score (nSPS) is 15.5. The van der Waals surface area contributed by atoms with E-state index in [0.29, 0.717) is 13.1 Å². The van der Waals surface area contributed by atoms with Crippen molar-refractivity contribution in [2.45, 2.75) is 13.1 Å². The highest BCUT2D eigenvalue weighted by atomic mass is 16.2. The molecule has 0 saturated carbocycles. The number of benzene rings is 2. The third kappa shape index (κ3) is 4.00. The number of nitrogens with one attached hydrogen (secondary N) is 1. The first-order chi connectivity index (χ1) is 11.6. The zero-order valence-electron chi connectivity index (χ0n) is 13.6. The first-order valence-electron chi connectivity index (χ1n) is 8.09. The molecule has 1 aliphatic heterocycles. The van der Waals surface area contributed by atoms with Gasteiger partial charge in [0.25, 0.3) is 0 Å². The molecule has 5 heteroatoms. The smallest absolute Gasteiger partial charge is 0.237 e. The maximum absolute atomic E-state index is 12.4. The third-order valence-electron chi connectivity index (χ3n) is 4.29. The van der Waals surface area contributed by atoms with Crippen LogP contribution >= 0.6 is 0 Å². The summed E-state index contributed by atoms with van der Waals surface area (Å²) in [5, 5.41) is 7.42. The van der Waals surface area contributed by atoms with Crippen LogP contribution in [0.4, 0.5) is 0 Å². The van der Waals surface area contributed by atoms with Crippen molar-refractivity contribution in [2.75, 3.05) is 19.6 Å². The Morgan fingerprint density at radius 3 is 2.25 bits per heavy atom. The van der Waals surface area contributed by atoms with Crippen molar-refractivity contribution in [3.8, 4) is 0 Å². The molecule has 1 fully saturated rings. The second-order valence-electron chi connectivity index (χ2n) is 6.12. The summed E-state index contributed by atoms with van der Waals surface area (Å²) in [5.74, 6) is 0.247. The van der Waals surface area contributed by atoms with Crippen molar-refractivity contribution < 1.29 is 4.79 Å². The Labute approximate surface area is 142 Å². The zero-order chi connectivity index (χ0) is 16.9. The summed E-state index contributed by atoms with van der Waals surface area (Å²) < 4.78 is 0. The van der Waals surface area contributed by atoms with E-state index in [2.05, 4.69) is 17.0 Å². The van der Waals surface area contributed by atoms with Gasteiger partial charge in [0.2, 0.25) is 5.91 Å². The standard InChI is InChI=1S/C19H22N4O/c20-19(21)17-8-6-16(7-9-17)12-22-10-11-23(18(24)14-22)13-15-4-2-1-3-5-15/h1-9H,10-14H2,(H3,20,21). The molecule has 1 amide bonds. The first kappa shape index (κ1) is 16.2. The van der Waals surface area contributed by atoms with Gasteiger partial charge < -0.3 is 10.6 Å². The van der Waals surface area contributed by atoms with Crippen LogP contribution in [0.1, 0.15) is 16.7 Å². The summed E-state index contributed by atoms with van der Waals surface area (Å²) in [4.78, 5) is 16.5. The van der Waals surface area contributed by atoms with E-state index in [0.717, 1.165) is 30.8 Å². The molecule has 3 N–H and O–H groups in total. The Hall–Kier alpha value is -2.66. The number of hydrogen-bond acceptors (Lipinski definition) is 3. The number of amidine groups is 1. The fraction of sp³-hybridized carbons (Fsp3) is 0.263. The highest BCUT2D eigenvalue weighted by Crippen LogP contribution is 2.13. The zero-order valence-corrected chi connectivity index (χ0v) is 13.6. The summed E-state index contributed by atoms with van der Waals surface area (Å²) in [6.45, 7) is 3.48. The van der Waals surface area contributed by atoms with Gasteiger partial charge in [0.05, 0.1) is 6.54 Å². The summed E-state index contributed by atoms with van der Waals surface area (Å²) >= 11 is 0. The van der Waals surface area contributed by atoms with E-state index in [9.17, 15) is 4.79 Å². The molecule has 0 unspecified atom stereocenters. The van der Waals surface area contributed by atoms with Gasteiger partial charge in [-0.05, 0) is 11.1 Å². The fourth-order valence-corrected chi connectivity index (χ4v) is 2.91. The molecule has 1 heterocycles. The number of amides is 1. The van der Waals surface area contributed by atoms with Crippen molar-refractivity contribution in [2.24, 2.45) is 5.73 Å². The molecule has 1 aliphatic rings. The van der Waals surface area contributed by atoms with Crippen LogP contribution in [0.5, 0.6) is 0 Å². The molecule has 0 aromatic heterocycles. The minimum atomic E-state index is 0.0752. The van der Waals surface area contributed by atoms with E-state index < -0.39 is 0 Å². The third-order valence-corrected chi connectivity index (χ3v) is 4.29. The van der Waals surface area contributed by atoms with Gasteiger partial charge >= 0.3 is 0 Å². The number of hydrogen-bond donors (Lipinski definition) is 2. The van der Waals surface area contributed by atoms with E-state index in [-0.39, 0.29) is 11.7 Å². The van der Waals surface area contributed by atoms with E-state index in [1.807, 2.05) is 47.4 Å². The number of nitrogens with two attached hydrogens (primary N) is 1. The van der Waals surface area contributed by atoms with Crippen LogP contribution in [0, 0.1) is 5.41 Å². The number of carbonyl (C=O) groups excluding carboxylic acids is 1. The largest absolute Gasteiger partial charge is 0.384 e. The maximum Gasteiger partial charge on any atom is 0.237 e. The van der Waals surface area contributed by atoms with Crippen LogP contribution in [-0.4, -0.2) is 41.2 Å². The van der Waals surface area contributed by atoms with Crippen molar-refractivity contribution in [1.29, 1.82) is 5.41 Å². The van der Waals surface area contributed by atoms with Gasteiger partial charge in [0, 0.05) is 31.7 Å². The molecule has 0 radical (unpaired) electrons. The van der Waals surface area contributed by atoms with E-state index in [1.54, 1.807) is 0 Å². The Balaban J connectivity index is 1.55. The molecule has 24 heavy (non-hydrogen) atoms. The van der Waals surface area contributed by atoms with Gasteiger partial charge in [-0.1, -0.05) is 54.6 Å². The highest BCUT2D eigenvalue weighted by Gasteiger charge is 2.23. The molecule has 2 aromatic carbocycles. The summed E-state index contributed by atoms with van der Waals surface area (Å²) in [7, 11) is 0. The quantitative estimate of drug-likeness (QED) is 0.651. The number of carbonyl (C=O) groups is 1. The average Bonchev–Trinajstić information content (AvgIpc) is 2.59. The lowest BCUT2D eigenvalue weighted by atomic mass is 10.1. The first-order valence-corrected chi connectivity index (χ1v) is 8.09. The van der Waals surface area contributed by atoms with Crippen LogP contribution in [0.15, 0.2) is 54.6 Å². The SMILES string of the molecule is N=C(N)c1ccc(CN2CCN(Cc3ccccc3)C(=O)C2)cc1. The predicted octanol–water partition coefficient (Wildman–Crippen LogP) is 1.82. The van der Waals surface area contributed by atoms with Crippen molar-refractivity contribution in [3.63, 3.8) is 0 Å². The molecule has 124 valence electrons. The fourth-order valence-electron chi connectivity index (χ4n) is 2.91. The Bertz CT molecular complexity index is 712. The predicted molar refractivity (Wildman–Crippen MR) is 94.6 cm³/mol. The van der Waals surface area contributed by atoms with Crippen LogP contribution in [0.25, 0.3) is 0 Å². The lowest BCUT2D eigenvalue weighted by molar-refractivity contribution is -0.136. The molecular formula is C19H22N4O. The van der Waals surface area contributed by atoms with Gasteiger partial charge in [0.1, 0.15) is 5.84 Å². The summed E-state index contributed by atoms with van der Waals surface area (Å²) in [6, 6.07) is 17.7. The molecule has 1 saturated heterocycles. The molecule has 0 spiro atoms. The minimum Gasteiger partial charge on any atom is -0.384 e. The Morgan fingerprint density at radius 1 is 0.958 bits per heavy atom. The highest BCUT2D eigenvalue weighted by molar-refractivity contribution is 5.94. The van der Waals surface area contributed by atoms with Crippen LogP contribution in [0.3, 0.4) is 0 Å². The topological polar surface area (TPSA) is 73.4 Å². The molecule has 0 atom stereocenters. The molecule has 3 rings (SSSR count). The van der Waals surface area contributed by atoms with Gasteiger partial charge in [-0.15, -0.1) is 0 Å². The summed E-state index contributed by atoms with van der Waals surface area (Å²) in [5.41, 5.74) is 8.49. The molecule has 0 bridgehead atoms.